The Bertz CT molecular complexity index is 503. The summed E-state index contributed by atoms with van der Waals surface area (Å²) in [5, 5.41) is 2.88. The van der Waals surface area contributed by atoms with Crippen molar-refractivity contribution < 1.29 is 8.42 Å². The Morgan fingerprint density at radius 1 is 1.18 bits per heavy atom. The van der Waals surface area contributed by atoms with E-state index in [2.05, 4.69) is 41.9 Å². The molecule has 4 nitrogen and oxygen atoms in total. The van der Waals surface area contributed by atoms with Crippen molar-refractivity contribution in [1.29, 1.82) is 0 Å². The first-order valence-electron chi connectivity index (χ1n) is 4.98. The van der Waals surface area contributed by atoms with Gasteiger partial charge in [0.25, 0.3) is 0 Å². The van der Waals surface area contributed by atoms with Crippen LogP contribution in [0.4, 0.5) is 0 Å². The minimum Gasteiger partial charge on any atom is -0.318 e. The Labute approximate surface area is 118 Å². The van der Waals surface area contributed by atoms with Crippen LogP contribution < -0.4 is 10.0 Å². The monoisotopic (exact) mass is 384 g/mol. The zero-order valence-corrected chi connectivity index (χ0v) is 13.5. The van der Waals surface area contributed by atoms with Crippen LogP contribution >= 0.6 is 31.9 Å². The Kier molecular flexibility index (Phi) is 5.59. The van der Waals surface area contributed by atoms with Gasteiger partial charge in [0.05, 0.1) is 4.90 Å². The van der Waals surface area contributed by atoms with E-state index in [-0.39, 0.29) is 4.90 Å². The van der Waals surface area contributed by atoms with Gasteiger partial charge in [-0.25, -0.2) is 13.1 Å². The smallest absolute Gasteiger partial charge is 0.241 e. The molecule has 0 saturated heterocycles. The Morgan fingerprint density at radius 3 is 2.41 bits per heavy atom. The zero-order valence-electron chi connectivity index (χ0n) is 9.55. The molecule has 1 rings (SSSR count). The topological polar surface area (TPSA) is 58.2 Å². The van der Waals surface area contributed by atoms with Crippen LogP contribution in [-0.2, 0) is 10.0 Å². The zero-order chi connectivity index (χ0) is 13.1. The van der Waals surface area contributed by atoms with Crippen LogP contribution in [0.5, 0.6) is 0 Å². The molecular formula is C10H14Br2N2O2S. The average molecular weight is 386 g/mol. The van der Waals surface area contributed by atoms with E-state index in [0.717, 1.165) is 10.0 Å². The van der Waals surface area contributed by atoms with Gasteiger partial charge in [0.15, 0.2) is 0 Å². The summed E-state index contributed by atoms with van der Waals surface area (Å²) in [6.45, 7) is 2.85. The second kappa shape index (κ2) is 6.29. The normalized spacial score (nSPS) is 11.8. The number of hydrogen-bond acceptors (Lipinski definition) is 3. The lowest BCUT2D eigenvalue weighted by Gasteiger charge is -2.10. The van der Waals surface area contributed by atoms with E-state index in [1.807, 2.05) is 6.92 Å². The Morgan fingerprint density at radius 2 is 1.82 bits per heavy atom. The molecule has 0 radical (unpaired) electrons. The summed E-state index contributed by atoms with van der Waals surface area (Å²) < 4.78 is 27.9. The third-order valence-corrected chi connectivity index (χ3v) is 5.44. The van der Waals surface area contributed by atoms with Crippen LogP contribution in [-0.4, -0.2) is 28.6 Å². The molecule has 0 fully saturated rings. The second-order valence-corrected chi connectivity index (χ2v) is 6.98. The van der Waals surface area contributed by atoms with Crippen molar-refractivity contribution in [2.45, 2.75) is 11.8 Å². The molecule has 0 aliphatic carbocycles. The first kappa shape index (κ1) is 15.1. The van der Waals surface area contributed by atoms with Gasteiger partial charge in [-0.1, -0.05) is 15.9 Å². The molecule has 0 bridgehead atoms. The summed E-state index contributed by atoms with van der Waals surface area (Å²) in [7, 11) is -1.70. The lowest BCUT2D eigenvalue weighted by atomic mass is 10.2. The fourth-order valence-corrected chi connectivity index (χ4v) is 3.93. The number of nitrogens with one attached hydrogen (secondary N) is 2. The summed E-state index contributed by atoms with van der Waals surface area (Å²) in [4.78, 5) is 0.242. The third kappa shape index (κ3) is 4.03. The molecule has 0 aliphatic heterocycles. The van der Waals surface area contributed by atoms with Gasteiger partial charge in [-0.2, -0.15) is 0 Å². The van der Waals surface area contributed by atoms with Crippen LogP contribution in [0.2, 0.25) is 0 Å². The fraction of sp³-hybridized carbons (Fsp3) is 0.400. The molecule has 7 heteroatoms. The van der Waals surface area contributed by atoms with Gasteiger partial charge in [0, 0.05) is 22.0 Å². The van der Waals surface area contributed by atoms with Gasteiger partial charge in [-0.15, -0.1) is 0 Å². The average Bonchev–Trinajstić information content (AvgIpc) is 2.23. The molecule has 96 valence electrons. The summed E-state index contributed by atoms with van der Waals surface area (Å²) in [6.07, 6.45) is 0. The summed E-state index contributed by atoms with van der Waals surface area (Å²) in [5.41, 5.74) is 0.978. The van der Waals surface area contributed by atoms with E-state index in [0.29, 0.717) is 17.6 Å². The van der Waals surface area contributed by atoms with Gasteiger partial charge < -0.3 is 5.32 Å². The molecule has 1 aromatic rings. The van der Waals surface area contributed by atoms with E-state index in [1.165, 1.54) is 0 Å². The summed E-state index contributed by atoms with van der Waals surface area (Å²) in [5.74, 6) is 0. The molecule has 0 spiro atoms. The molecule has 17 heavy (non-hydrogen) atoms. The molecule has 0 saturated carbocycles. The molecule has 0 aliphatic rings. The van der Waals surface area contributed by atoms with Crippen molar-refractivity contribution in [3.63, 3.8) is 0 Å². The number of benzene rings is 1. The van der Waals surface area contributed by atoms with Gasteiger partial charge in [-0.05, 0) is 47.6 Å². The van der Waals surface area contributed by atoms with Crippen molar-refractivity contribution >= 4 is 41.9 Å². The lowest BCUT2D eigenvalue weighted by Crippen LogP contribution is -2.30. The number of sulfonamides is 1. The highest BCUT2D eigenvalue weighted by molar-refractivity contribution is 9.11. The van der Waals surface area contributed by atoms with Crippen molar-refractivity contribution in [1.82, 2.24) is 10.0 Å². The van der Waals surface area contributed by atoms with Crippen LogP contribution in [0.3, 0.4) is 0 Å². The second-order valence-electron chi connectivity index (χ2n) is 3.53. The minimum absolute atomic E-state index is 0.242. The van der Waals surface area contributed by atoms with Crippen molar-refractivity contribution in [3.8, 4) is 0 Å². The van der Waals surface area contributed by atoms with E-state index < -0.39 is 10.0 Å². The molecule has 0 heterocycles. The fourth-order valence-electron chi connectivity index (χ4n) is 1.22. The minimum atomic E-state index is -3.47. The molecule has 0 atom stereocenters. The van der Waals surface area contributed by atoms with E-state index in [1.54, 1.807) is 19.2 Å². The molecule has 1 aromatic carbocycles. The number of aryl methyl sites for hydroxylation is 1. The molecular weight excluding hydrogens is 372 g/mol. The molecule has 0 aromatic heterocycles. The van der Waals surface area contributed by atoms with Crippen LogP contribution in [0, 0.1) is 6.92 Å². The van der Waals surface area contributed by atoms with Crippen LogP contribution in [0.15, 0.2) is 26.0 Å². The van der Waals surface area contributed by atoms with Crippen molar-refractivity contribution in [2.24, 2.45) is 0 Å². The number of rotatable bonds is 5. The molecule has 0 amide bonds. The number of likely N-dealkylation sites (N-methyl/N-ethyl adjacent to an activating group) is 1. The maximum absolute atomic E-state index is 12.0. The summed E-state index contributed by atoms with van der Waals surface area (Å²) >= 11 is 6.60. The third-order valence-electron chi connectivity index (χ3n) is 2.17. The maximum Gasteiger partial charge on any atom is 0.241 e. The highest BCUT2D eigenvalue weighted by Crippen LogP contribution is 2.28. The first-order valence-corrected chi connectivity index (χ1v) is 8.05. The highest BCUT2D eigenvalue weighted by atomic mass is 79.9. The lowest BCUT2D eigenvalue weighted by molar-refractivity contribution is 0.579. The van der Waals surface area contributed by atoms with Gasteiger partial charge in [-0.3, -0.25) is 0 Å². The maximum atomic E-state index is 12.0. The van der Waals surface area contributed by atoms with Crippen molar-refractivity contribution in [3.05, 3.63) is 26.6 Å². The van der Waals surface area contributed by atoms with Crippen LogP contribution in [0.1, 0.15) is 5.56 Å². The first-order chi connectivity index (χ1) is 7.88. The predicted octanol–water partition coefficient (Wildman–Crippen LogP) is 2.02. The van der Waals surface area contributed by atoms with E-state index >= 15 is 0 Å². The largest absolute Gasteiger partial charge is 0.318 e. The molecule has 0 unspecified atom stereocenters. The standard InChI is InChI=1S/C10H14Br2N2O2S/c1-7-5-9(12)10(6-8(7)11)17(15,16)14-4-3-13-2/h5-6,13-14H,3-4H2,1-2H3. The van der Waals surface area contributed by atoms with Gasteiger partial charge in [0.1, 0.15) is 0 Å². The number of hydrogen-bond donors (Lipinski definition) is 2. The predicted molar refractivity (Wildman–Crippen MR) is 75.7 cm³/mol. The van der Waals surface area contributed by atoms with Crippen LogP contribution in [0.25, 0.3) is 0 Å². The highest BCUT2D eigenvalue weighted by Gasteiger charge is 2.18. The quantitative estimate of drug-likeness (QED) is 0.762. The molecule has 2 N–H and O–H groups in total. The number of halogens is 2. The summed E-state index contributed by atoms with van der Waals surface area (Å²) in [6, 6.07) is 3.37. The Hall–Kier alpha value is 0.0500. The van der Waals surface area contributed by atoms with Gasteiger partial charge in [0.2, 0.25) is 10.0 Å². The SMILES string of the molecule is CNCCNS(=O)(=O)c1cc(Br)c(C)cc1Br. The Balaban J connectivity index is 3.03. The van der Waals surface area contributed by atoms with E-state index in [9.17, 15) is 8.42 Å². The van der Waals surface area contributed by atoms with Gasteiger partial charge >= 0.3 is 0 Å². The van der Waals surface area contributed by atoms with E-state index in [4.69, 9.17) is 0 Å². The van der Waals surface area contributed by atoms with Crippen molar-refractivity contribution in [2.75, 3.05) is 20.1 Å².